The maximum Gasteiger partial charge on any atom is 0.176 e. The van der Waals surface area contributed by atoms with E-state index in [1.54, 1.807) is 24.3 Å². The predicted molar refractivity (Wildman–Crippen MR) is 78.2 cm³/mol. The van der Waals surface area contributed by atoms with Crippen LogP contribution in [0.4, 0.5) is 4.39 Å². The molecule has 2 aromatic carbocycles. The lowest BCUT2D eigenvalue weighted by atomic mass is 10.1. The van der Waals surface area contributed by atoms with Gasteiger partial charge in [0.2, 0.25) is 0 Å². The van der Waals surface area contributed by atoms with Crippen molar-refractivity contribution in [2.75, 3.05) is 13.6 Å². The Morgan fingerprint density at radius 1 is 1.10 bits per heavy atom. The summed E-state index contributed by atoms with van der Waals surface area (Å²) in [6.45, 7) is 2.16. The summed E-state index contributed by atoms with van der Waals surface area (Å²) < 4.78 is 13.7. The van der Waals surface area contributed by atoms with E-state index in [0.29, 0.717) is 11.1 Å². The van der Waals surface area contributed by atoms with Gasteiger partial charge < -0.3 is 0 Å². The maximum atomic E-state index is 13.7. The van der Waals surface area contributed by atoms with Gasteiger partial charge >= 0.3 is 0 Å². The summed E-state index contributed by atoms with van der Waals surface area (Å²) in [5.74, 6) is -0.199. The number of hydrogen-bond donors (Lipinski definition) is 0. The minimum Gasteiger partial charge on any atom is -0.293 e. The van der Waals surface area contributed by atoms with Crippen molar-refractivity contribution >= 4 is 5.78 Å². The van der Waals surface area contributed by atoms with E-state index in [9.17, 15) is 9.18 Å². The smallest absolute Gasteiger partial charge is 0.176 e. The summed E-state index contributed by atoms with van der Waals surface area (Å²) in [4.78, 5) is 14.0. The van der Waals surface area contributed by atoms with Crippen LogP contribution in [0.2, 0.25) is 0 Å². The number of likely N-dealkylation sites (N-methyl/N-ethyl adjacent to an activating group) is 1. The van der Waals surface area contributed by atoms with E-state index in [4.69, 9.17) is 0 Å². The fourth-order valence-corrected chi connectivity index (χ4v) is 2.13. The van der Waals surface area contributed by atoms with Gasteiger partial charge in [0.05, 0.1) is 6.54 Å². The van der Waals surface area contributed by atoms with Crippen molar-refractivity contribution in [1.82, 2.24) is 4.90 Å². The highest BCUT2D eigenvalue weighted by molar-refractivity contribution is 5.97. The Bertz CT molecular complexity index is 583. The van der Waals surface area contributed by atoms with Crippen molar-refractivity contribution in [2.24, 2.45) is 0 Å². The highest BCUT2D eigenvalue weighted by Gasteiger charge is 2.18. The Morgan fingerprint density at radius 2 is 1.70 bits per heavy atom. The van der Waals surface area contributed by atoms with E-state index in [0.717, 1.165) is 0 Å². The number of carbonyl (C=O) groups excluding carboxylic acids is 1. The van der Waals surface area contributed by atoms with Gasteiger partial charge in [0.15, 0.2) is 5.78 Å². The molecule has 0 aliphatic carbocycles. The molecule has 0 saturated carbocycles. The quantitative estimate of drug-likeness (QED) is 0.773. The molecule has 104 valence electrons. The summed E-state index contributed by atoms with van der Waals surface area (Å²) in [5, 5.41) is 0. The average Bonchev–Trinajstić information content (AvgIpc) is 2.48. The first-order valence-electron chi connectivity index (χ1n) is 6.62. The summed E-state index contributed by atoms with van der Waals surface area (Å²) in [6, 6.07) is 15.7. The molecule has 0 aliphatic heterocycles. The van der Waals surface area contributed by atoms with Crippen LogP contribution in [0, 0.1) is 5.82 Å². The Balaban J connectivity index is 2.07. The molecule has 2 nitrogen and oxygen atoms in total. The lowest BCUT2D eigenvalue weighted by molar-refractivity contribution is 0.0923. The SMILES string of the molecule is CC(c1ccccc1F)N(C)CC(=O)c1ccccc1. The highest BCUT2D eigenvalue weighted by atomic mass is 19.1. The van der Waals surface area contributed by atoms with Gasteiger partial charge in [0.25, 0.3) is 0 Å². The molecule has 0 bridgehead atoms. The molecule has 2 rings (SSSR count). The molecule has 0 N–H and O–H groups in total. The molecule has 0 fully saturated rings. The number of Topliss-reactive ketones (excluding diaryl/α,β-unsaturated/α-hetero) is 1. The van der Waals surface area contributed by atoms with E-state index >= 15 is 0 Å². The Labute approximate surface area is 118 Å². The lowest BCUT2D eigenvalue weighted by Crippen LogP contribution is -2.29. The molecule has 0 heterocycles. The molecular formula is C17H18FNO. The molecular weight excluding hydrogens is 253 g/mol. The van der Waals surface area contributed by atoms with Crippen LogP contribution in [0.15, 0.2) is 54.6 Å². The third-order valence-electron chi connectivity index (χ3n) is 3.51. The number of rotatable bonds is 5. The summed E-state index contributed by atoms with van der Waals surface area (Å²) in [6.07, 6.45) is 0. The molecule has 2 aromatic rings. The van der Waals surface area contributed by atoms with Crippen LogP contribution in [0.5, 0.6) is 0 Å². The minimum atomic E-state index is -0.237. The largest absolute Gasteiger partial charge is 0.293 e. The zero-order valence-electron chi connectivity index (χ0n) is 11.7. The van der Waals surface area contributed by atoms with E-state index in [1.807, 2.05) is 43.1 Å². The summed E-state index contributed by atoms with van der Waals surface area (Å²) in [5.41, 5.74) is 1.29. The average molecular weight is 271 g/mol. The monoisotopic (exact) mass is 271 g/mol. The van der Waals surface area contributed by atoms with E-state index in [2.05, 4.69) is 0 Å². The maximum absolute atomic E-state index is 13.7. The first kappa shape index (κ1) is 14.4. The van der Waals surface area contributed by atoms with E-state index in [-0.39, 0.29) is 24.2 Å². The van der Waals surface area contributed by atoms with Gasteiger partial charge in [-0.15, -0.1) is 0 Å². The van der Waals surface area contributed by atoms with Crippen LogP contribution < -0.4 is 0 Å². The van der Waals surface area contributed by atoms with E-state index in [1.165, 1.54) is 6.07 Å². The Hall–Kier alpha value is -2.00. The van der Waals surface area contributed by atoms with Gasteiger partial charge in [-0.25, -0.2) is 4.39 Å². The molecule has 1 atom stereocenters. The van der Waals surface area contributed by atoms with Crippen molar-refractivity contribution in [3.8, 4) is 0 Å². The Kier molecular flexibility index (Phi) is 4.64. The lowest BCUT2D eigenvalue weighted by Gasteiger charge is -2.24. The topological polar surface area (TPSA) is 20.3 Å². The standard InChI is InChI=1S/C17H18FNO/c1-13(15-10-6-7-11-16(15)18)19(2)12-17(20)14-8-4-3-5-9-14/h3-11,13H,12H2,1-2H3. The molecule has 0 spiro atoms. The fourth-order valence-electron chi connectivity index (χ4n) is 2.13. The van der Waals surface area contributed by atoms with Crippen molar-refractivity contribution in [3.63, 3.8) is 0 Å². The van der Waals surface area contributed by atoms with Crippen LogP contribution >= 0.6 is 0 Å². The number of hydrogen-bond acceptors (Lipinski definition) is 2. The van der Waals surface area contributed by atoms with Crippen molar-refractivity contribution < 1.29 is 9.18 Å². The molecule has 1 unspecified atom stereocenters. The molecule has 0 saturated heterocycles. The van der Waals surface area contributed by atoms with Crippen LogP contribution in [-0.2, 0) is 0 Å². The van der Waals surface area contributed by atoms with Gasteiger partial charge in [0, 0.05) is 17.2 Å². The fraction of sp³-hybridized carbons (Fsp3) is 0.235. The van der Waals surface area contributed by atoms with Gasteiger partial charge in [-0.2, -0.15) is 0 Å². The second-order valence-corrected chi connectivity index (χ2v) is 4.90. The van der Waals surface area contributed by atoms with Crippen LogP contribution in [0.25, 0.3) is 0 Å². The third kappa shape index (κ3) is 3.31. The van der Waals surface area contributed by atoms with Crippen molar-refractivity contribution in [3.05, 3.63) is 71.5 Å². The summed E-state index contributed by atoms with van der Waals surface area (Å²) >= 11 is 0. The second-order valence-electron chi connectivity index (χ2n) is 4.90. The van der Waals surface area contributed by atoms with Crippen molar-refractivity contribution in [2.45, 2.75) is 13.0 Å². The third-order valence-corrected chi connectivity index (χ3v) is 3.51. The number of halogens is 1. The normalized spacial score (nSPS) is 12.4. The van der Waals surface area contributed by atoms with Crippen LogP contribution in [0.3, 0.4) is 0 Å². The molecule has 0 aliphatic rings. The Morgan fingerprint density at radius 3 is 2.35 bits per heavy atom. The number of ketones is 1. The van der Waals surface area contributed by atoms with Crippen LogP contribution in [-0.4, -0.2) is 24.3 Å². The number of nitrogens with zero attached hydrogens (tertiary/aromatic N) is 1. The molecule has 0 radical (unpaired) electrons. The zero-order chi connectivity index (χ0) is 14.5. The predicted octanol–water partition coefficient (Wildman–Crippen LogP) is 3.70. The van der Waals surface area contributed by atoms with Crippen LogP contribution in [0.1, 0.15) is 28.9 Å². The van der Waals surface area contributed by atoms with Gasteiger partial charge in [-0.3, -0.25) is 9.69 Å². The second kappa shape index (κ2) is 6.44. The highest BCUT2D eigenvalue weighted by Crippen LogP contribution is 2.21. The molecule has 3 heteroatoms. The van der Waals surface area contributed by atoms with Gasteiger partial charge in [-0.05, 0) is 20.0 Å². The van der Waals surface area contributed by atoms with Gasteiger partial charge in [-0.1, -0.05) is 48.5 Å². The van der Waals surface area contributed by atoms with Crippen molar-refractivity contribution in [1.29, 1.82) is 0 Å². The molecule has 0 amide bonds. The number of benzene rings is 2. The first-order chi connectivity index (χ1) is 9.59. The molecule has 0 aromatic heterocycles. The minimum absolute atomic E-state index is 0.0382. The molecule has 20 heavy (non-hydrogen) atoms. The van der Waals surface area contributed by atoms with Gasteiger partial charge in [0.1, 0.15) is 5.82 Å². The number of carbonyl (C=O) groups is 1. The first-order valence-corrected chi connectivity index (χ1v) is 6.62. The summed E-state index contributed by atoms with van der Waals surface area (Å²) in [7, 11) is 1.83. The zero-order valence-corrected chi connectivity index (χ0v) is 11.7. The van der Waals surface area contributed by atoms with E-state index < -0.39 is 0 Å².